The molecule has 0 amide bonds. The molecule has 0 atom stereocenters. The summed E-state index contributed by atoms with van der Waals surface area (Å²) < 4.78 is 6.77. The van der Waals surface area contributed by atoms with Crippen LogP contribution in [0.1, 0.15) is 36.2 Å². The molecule has 1 heterocycles. The van der Waals surface area contributed by atoms with Crippen LogP contribution in [0.5, 0.6) is 5.75 Å². The number of H-pyrrole nitrogens is 1. The summed E-state index contributed by atoms with van der Waals surface area (Å²) in [4.78, 5) is 0. The Morgan fingerprint density at radius 3 is 2.57 bits per heavy atom. The predicted octanol–water partition coefficient (Wildman–Crippen LogP) is 5.00. The Labute approximate surface area is 141 Å². The molecule has 21 heavy (non-hydrogen) atoms. The summed E-state index contributed by atoms with van der Waals surface area (Å²) in [5, 5.41) is 7.26. The summed E-state index contributed by atoms with van der Waals surface area (Å²) in [6.07, 6.45) is 4.54. The van der Waals surface area contributed by atoms with E-state index in [2.05, 4.69) is 40.0 Å². The normalized spacial score (nSPS) is 10.2. The number of halogens is 2. The minimum absolute atomic E-state index is 0. The van der Waals surface area contributed by atoms with E-state index in [1.165, 1.54) is 24.1 Å². The molecule has 0 aliphatic heterocycles. The summed E-state index contributed by atoms with van der Waals surface area (Å²) in [5.74, 6) is 0.925. The van der Waals surface area contributed by atoms with Crippen molar-refractivity contribution in [2.45, 2.75) is 39.5 Å². The van der Waals surface area contributed by atoms with Crippen molar-refractivity contribution in [3.63, 3.8) is 0 Å². The van der Waals surface area contributed by atoms with E-state index in [0.29, 0.717) is 0 Å². The number of benzene rings is 1. The lowest BCUT2D eigenvalue weighted by Gasteiger charge is -2.07. The molecular weight excluding hydrogens is 352 g/mol. The second-order valence-corrected chi connectivity index (χ2v) is 5.86. The highest BCUT2D eigenvalue weighted by molar-refractivity contribution is 9.10. The molecule has 0 unspecified atom stereocenters. The van der Waals surface area contributed by atoms with Gasteiger partial charge in [0.2, 0.25) is 0 Å². The lowest BCUT2D eigenvalue weighted by molar-refractivity contribution is 0.303. The van der Waals surface area contributed by atoms with Gasteiger partial charge in [0.05, 0.1) is 16.8 Å². The van der Waals surface area contributed by atoms with Crippen LogP contribution in [0.15, 0.2) is 28.7 Å². The molecule has 2 aromatic rings. The summed E-state index contributed by atoms with van der Waals surface area (Å²) in [7, 11) is 0. The number of aromatic nitrogens is 2. The zero-order valence-corrected chi connectivity index (χ0v) is 14.9. The van der Waals surface area contributed by atoms with Crippen LogP contribution in [0, 0.1) is 13.8 Å². The molecular formula is C16H22BrClN2O. The molecule has 0 fully saturated rings. The van der Waals surface area contributed by atoms with Crippen LogP contribution < -0.4 is 4.74 Å². The van der Waals surface area contributed by atoms with Crippen molar-refractivity contribution in [3.05, 3.63) is 45.7 Å². The largest absolute Gasteiger partial charge is 0.492 e. The standard InChI is InChI=1S/C16H21BrN2O.ClH/c1-12-14(13(2)19-18-12)8-4-3-7-11-20-16-10-6-5-9-15(16)17;/h5-6,9-10H,3-4,7-8,11H2,1-2H3,(H,18,19);1H. The maximum atomic E-state index is 5.76. The first-order valence-electron chi connectivity index (χ1n) is 7.06. The highest BCUT2D eigenvalue weighted by Gasteiger charge is 2.05. The van der Waals surface area contributed by atoms with Crippen LogP contribution in [0.25, 0.3) is 0 Å². The molecule has 116 valence electrons. The first-order valence-corrected chi connectivity index (χ1v) is 7.85. The number of aryl methyl sites for hydroxylation is 2. The molecule has 1 aromatic heterocycles. The lowest BCUT2D eigenvalue weighted by atomic mass is 10.1. The quantitative estimate of drug-likeness (QED) is 0.693. The monoisotopic (exact) mass is 372 g/mol. The van der Waals surface area contributed by atoms with E-state index in [0.717, 1.165) is 35.4 Å². The minimum Gasteiger partial charge on any atom is -0.492 e. The van der Waals surface area contributed by atoms with Crippen molar-refractivity contribution < 1.29 is 4.74 Å². The van der Waals surface area contributed by atoms with Gasteiger partial charge in [0.1, 0.15) is 5.75 Å². The number of unbranched alkanes of at least 4 members (excludes halogenated alkanes) is 2. The highest BCUT2D eigenvalue weighted by atomic mass is 79.9. The maximum absolute atomic E-state index is 5.76. The van der Waals surface area contributed by atoms with E-state index < -0.39 is 0 Å². The average molecular weight is 374 g/mol. The fourth-order valence-electron chi connectivity index (χ4n) is 2.27. The number of hydrogen-bond donors (Lipinski definition) is 1. The molecule has 0 bridgehead atoms. The fraction of sp³-hybridized carbons (Fsp3) is 0.438. The second kappa shape index (κ2) is 9.11. The van der Waals surface area contributed by atoms with Gasteiger partial charge in [0, 0.05) is 5.69 Å². The summed E-state index contributed by atoms with van der Waals surface area (Å²) in [6.45, 7) is 4.92. The van der Waals surface area contributed by atoms with E-state index >= 15 is 0 Å². The van der Waals surface area contributed by atoms with Gasteiger partial charge in [-0.1, -0.05) is 12.1 Å². The van der Waals surface area contributed by atoms with Gasteiger partial charge in [-0.2, -0.15) is 5.10 Å². The smallest absolute Gasteiger partial charge is 0.133 e. The predicted molar refractivity (Wildman–Crippen MR) is 92.5 cm³/mol. The zero-order valence-electron chi connectivity index (χ0n) is 12.5. The maximum Gasteiger partial charge on any atom is 0.133 e. The minimum atomic E-state index is 0. The van der Waals surface area contributed by atoms with Crippen LogP contribution >= 0.6 is 28.3 Å². The number of para-hydroxylation sites is 1. The Hall–Kier alpha value is -1.000. The average Bonchev–Trinajstić information content (AvgIpc) is 2.76. The van der Waals surface area contributed by atoms with Crippen molar-refractivity contribution in [1.82, 2.24) is 10.2 Å². The molecule has 0 saturated carbocycles. The third-order valence-corrected chi connectivity index (χ3v) is 4.10. The number of nitrogens with one attached hydrogen (secondary N) is 1. The van der Waals surface area contributed by atoms with Crippen molar-refractivity contribution >= 4 is 28.3 Å². The van der Waals surface area contributed by atoms with Crippen molar-refractivity contribution in [2.75, 3.05) is 6.61 Å². The molecule has 0 aliphatic carbocycles. The van der Waals surface area contributed by atoms with Gasteiger partial charge in [-0.05, 0) is 73.2 Å². The van der Waals surface area contributed by atoms with Gasteiger partial charge < -0.3 is 4.74 Å². The van der Waals surface area contributed by atoms with Gasteiger partial charge >= 0.3 is 0 Å². The third-order valence-electron chi connectivity index (χ3n) is 3.45. The van der Waals surface area contributed by atoms with Crippen molar-refractivity contribution in [3.8, 4) is 5.75 Å². The molecule has 1 aromatic carbocycles. The van der Waals surface area contributed by atoms with E-state index in [1.54, 1.807) is 0 Å². The van der Waals surface area contributed by atoms with Crippen LogP contribution in [0.3, 0.4) is 0 Å². The van der Waals surface area contributed by atoms with Crippen LogP contribution in [0.2, 0.25) is 0 Å². The van der Waals surface area contributed by atoms with Crippen LogP contribution in [-0.4, -0.2) is 16.8 Å². The Bertz CT molecular complexity index is 537. The van der Waals surface area contributed by atoms with Gasteiger partial charge in [-0.15, -0.1) is 12.4 Å². The van der Waals surface area contributed by atoms with Gasteiger partial charge in [0.15, 0.2) is 0 Å². The molecule has 0 spiro atoms. The molecule has 1 N–H and O–H groups in total. The molecule has 0 radical (unpaired) electrons. The first kappa shape index (κ1) is 18.1. The summed E-state index contributed by atoms with van der Waals surface area (Å²) in [5.41, 5.74) is 3.70. The van der Waals surface area contributed by atoms with E-state index in [1.807, 2.05) is 24.3 Å². The Morgan fingerprint density at radius 1 is 1.14 bits per heavy atom. The lowest BCUT2D eigenvalue weighted by Crippen LogP contribution is -1.98. The third kappa shape index (κ3) is 5.36. The highest BCUT2D eigenvalue weighted by Crippen LogP contribution is 2.24. The fourth-order valence-corrected chi connectivity index (χ4v) is 2.67. The van der Waals surface area contributed by atoms with Crippen molar-refractivity contribution in [1.29, 1.82) is 0 Å². The Balaban J connectivity index is 0.00000220. The van der Waals surface area contributed by atoms with Gasteiger partial charge in [-0.25, -0.2) is 0 Å². The SMILES string of the molecule is Cc1n[nH]c(C)c1CCCCCOc1ccccc1Br.Cl. The number of ether oxygens (including phenoxy) is 1. The molecule has 3 nitrogen and oxygen atoms in total. The molecule has 2 rings (SSSR count). The van der Waals surface area contributed by atoms with E-state index in [9.17, 15) is 0 Å². The zero-order chi connectivity index (χ0) is 14.4. The second-order valence-electron chi connectivity index (χ2n) is 5.00. The molecule has 0 aliphatic rings. The summed E-state index contributed by atoms with van der Waals surface area (Å²) in [6, 6.07) is 7.97. The summed E-state index contributed by atoms with van der Waals surface area (Å²) >= 11 is 3.49. The van der Waals surface area contributed by atoms with Gasteiger partial charge in [0.25, 0.3) is 0 Å². The Kier molecular flexibility index (Phi) is 7.83. The van der Waals surface area contributed by atoms with Crippen molar-refractivity contribution in [2.24, 2.45) is 0 Å². The first-order chi connectivity index (χ1) is 9.68. The number of aromatic amines is 1. The number of nitrogens with zero attached hydrogens (tertiary/aromatic N) is 1. The topological polar surface area (TPSA) is 37.9 Å². The Morgan fingerprint density at radius 2 is 1.90 bits per heavy atom. The van der Waals surface area contributed by atoms with E-state index in [-0.39, 0.29) is 12.4 Å². The van der Waals surface area contributed by atoms with Crippen LogP contribution in [0.4, 0.5) is 0 Å². The van der Waals surface area contributed by atoms with E-state index in [4.69, 9.17) is 4.74 Å². The van der Waals surface area contributed by atoms with Gasteiger partial charge in [-0.3, -0.25) is 5.10 Å². The molecule has 0 saturated heterocycles. The number of hydrogen-bond acceptors (Lipinski definition) is 2. The molecule has 5 heteroatoms. The van der Waals surface area contributed by atoms with Crippen LogP contribution in [-0.2, 0) is 6.42 Å². The number of rotatable bonds is 7.